The zero-order chi connectivity index (χ0) is 22.3. The fraction of sp³-hybridized carbons (Fsp3) is 0.292. The molecule has 2 N–H and O–H groups in total. The predicted octanol–water partition coefficient (Wildman–Crippen LogP) is 4.57. The van der Waals surface area contributed by atoms with Crippen molar-refractivity contribution in [2.45, 2.75) is 45.8 Å². The average Bonchev–Trinajstić information content (AvgIpc) is 3.24. The van der Waals surface area contributed by atoms with E-state index in [9.17, 15) is 9.90 Å². The molecule has 0 bridgehead atoms. The molecule has 1 fully saturated rings. The molecule has 0 spiro atoms. The zero-order valence-electron chi connectivity index (χ0n) is 18.0. The molecule has 2 aromatic heterocycles. The summed E-state index contributed by atoms with van der Waals surface area (Å²) in [7, 11) is 0. The van der Waals surface area contributed by atoms with Crippen LogP contribution < -0.4 is 5.32 Å². The summed E-state index contributed by atoms with van der Waals surface area (Å²) < 4.78 is 2.02. The van der Waals surface area contributed by atoms with Gasteiger partial charge in [-0.2, -0.15) is 0 Å². The van der Waals surface area contributed by atoms with Crippen LogP contribution in [0.2, 0.25) is 0 Å². The maximum Gasteiger partial charge on any atom is 0.337 e. The molecule has 1 saturated heterocycles. The van der Waals surface area contributed by atoms with E-state index in [1.165, 1.54) is 0 Å². The minimum atomic E-state index is -0.941. The first kappa shape index (κ1) is 21.1. The molecule has 1 aliphatic rings. The van der Waals surface area contributed by atoms with E-state index in [2.05, 4.69) is 35.1 Å². The topological polar surface area (TPSA) is 70.4 Å². The number of nitrogens with one attached hydrogen (secondary N) is 1. The molecule has 31 heavy (non-hydrogen) atoms. The lowest BCUT2D eigenvalue weighted by molar-refractivity contribution is 0.0697. The largest absolute Gasteiger partial charge is 0.478 e. The van der Waals surface area contributed by atoms with Crippen LogP contribution in [0.5, 0.6) is 0 Å². The first-order valence-electron chi connectivity index (χ1n) is 10.3. The summed E-state index contributed by atoms with van der Waals surface area (Å²) in [5.74, 6) is -0.941. The number of carbonyl (C=O) groups is 1. The van der Waals surface area contributed by atoms with E-state index in [4.69, 9.17) is 12.2 Å². The molecular formula is C24H26N4O2S. The Labute approximate surface area is 187 Å². The Hall–Kier alpha value is -3.19. The molecule has 0 amide bonds. The van der Waals surface area contributed by atoms with Crippen molar-refractivity contribution < 1.29 is 9.90 Å². The number of carboxylic acids is 1. The maximum atomic E-state index is 11.8. The number of nitrogens with zero attached hydrogens (tertiary/aromatic N) is 3. The molecule has 6 nitrogen and oxygen atoms in total. The summed E-state index contributed by atoms with van der Waals surface area (Å²) in [6, 6.07) is 15.2. The van der Waals surface area contributed by atoms with Gasteiger partial charge in [0.1, 0.15) is 0 Å². The van der Waals surface area contributed by atoms with Gasteiger partial charge in [-0.15, -0.1) is 0 Å². The quantitative estimate of drug-likeness (QED) is 0.574. The minimum absolute atomic E-state index is 0.0562. The van der Waals surface area contributed by atoms with E-state index in [-0.39, 0.29) is 23.7 Å². The number of aromatic nitrogens is 2. The van der Waals surface area contributed by atoms with E-state index >= 15 is 0 Å². The number of para-hydroxylation sites is 1. The van der Waals surface area contributed by atoms with Gasteiger partial charge in [0.25, 0.3) is 0 Å². The van der Waals surface area contributed by atoms with Crippen LogP contribution in [-0.4, -0.2) is 36.7 Å². The van der Waals surface area contributed by atoms with Gasteiger partial charge < -0.3 is 19.9 Å². The molecule has 4 rings (SSSR count). The second-order valence-electron chi connectivity index (χ2n) is 8.11. The first-order valence-corrected chi connectivity index (χ1v) is 10.7. The summed E-state index contributed by atoms with van der Waals surface area (Å²) in [6.45, 7) is 8.29. The molecule has 3 heterocycles. The molecule has 7 heteroatoms. The number of aryl methyl sites for hydroxylation is 1. The molecule has 1 aliphatic heterocycles. The van der Waals surface area contributed by atoms with Gasteiger partial charge in [0.05, 0.1) is 29.0 Å². The van der Waals surface area contributed by atoms with E-state index in [1.807, 2.05) is 48.7 Å². The second kappa shape index (κ2) is 8.15. The fourth-order valence-electron chi connectivity index (χ4n) is 4.56. The Kier molecular flexibility index (Phi) is 5.54. The Bertz CT molecular complexity index is 1140. The monoisotopic (exact) mass is 434 g/mol. The lowest BCUT2D eigenvalue weighted by Crippen LogP contribution is -2.35. The molecular weight excluding hydrogens is 408 g/mol. The summed E-state index contributed by atoms with van der Waals surface area (Å²) >= 11 is 5.70. The third-order valence-electron chi connectivity index (χ3n) is 5.86. The SMILES string of the molecule is Cc1cc([C@H]2[C@@H](c3ccccn3)NC(=S)N2C(C)C)c(C)n1-c1ccccc1C(=O)O. The smallest absolute Gasteiger partial charge is 0.337 e. The fourth-order valence-corrected chi connectivity index (χ4v) is 5.01. The lowest BCUT2D eigenvalue weighted by Gasteiger charge is -2.31. The van der Waals surface area contributed by atoms with Crippen LogP contribution in [-0.2, 0) is 0 Å². The van der Waals surface area contributed by atoms with Gasteiger partial charge in [-0.3, -0.25) is 4.98 Å². The standard InChI is InChI=1S/C24H26N4O2S/c1-14(2)27-22(21(26-24(27)31)19-10-7-8-12-25-19)18-13-15(3)28(16(18)4)20-11-6-5-9-17(20)23(29)30/h5-14,21-22H,1-4H3,(H,26,31)(H,29,30)/t21-,22+/m1/s1. The third-order valence-corrected chi connectivity index (χ3v) is 6.18. The number of pyridine rings is 1. The zero-order valence-corrected chi connectivity index (χ0v) is 18.9. The Morgan fingerprint density at radius 1 is 1.16 bits per heavy atom. The molecule has 3 aromatic rings. The average molecular weight is 435 g/mol. The van der Waals surface area contributed by atoms with Gasteiger partial charge in [0, 0.05) is 23.6 Å². The number of rotatable bonds is 5. The van der Waals surface area contributed by atoms with Gasteiger partial charge in [0.2, 0.25) is 0 Å². The van der Waals surface area contributed by atoms with Crippen LogP contribution in [0.15, 0.2) is 54.7 Å². The van der Waals surface area contributed by atoms with E-state index in [0.29, 0.717) is 10.8 Å². The van der Waals surface area contributed by atoms with Crippen molar-refractivity contribution in [2.24, 2.45) is 0 Å². The molecule has 2 atom stereocenters. The van der Waals surface area contributed by atoms with Crippen molar-refractivity contribution in [1.29, 1.82) is 0 Å². The predicted molar refractivity (Wildman–Crippen MR) is 125 cm³/mol. The van der Waals surface area contributed by atoms with Crippen LogP contribution in [0, 0.1) is 13.8 Å². The van der Waals surface area contributed by atoms with Gasteiger partial charge in [-0.25, -0.2) is 4.79 Å². The summed E-state index contributed by atoms with van der Waals surface area (Å²) in [5.41, 5.74) is 4.94. The molecule has 1 aromatic carbocycles. The van der Waals surface area contributed by atoms with Gasteiger partial charge >= 0.3 is 5.97 Å². The number of thiocarbonyl (C=S) groups is 1. The van der Waals surface area contributed by atoms with Crippen molar-refractivity contribution in [3.05, 3.63) is 82.9 Å². The Morgan fingerprint density at radius 2 is 1.87 bits per heavy atom. The van der Waals surface area contributed by atoms with Crippen LogP contribution in [0.25, 0.3) is 5.69 Å². The first-order chi connectivity index (χ1) is 14.8. The van der Waals surface area contributed by atoms with Crippen LogP contribution in [0.4, 0.5) is 0 Å². The molecule has 0 unspecified atom stereocenters. The summed E-state index contributed by atoms with van der Waals surface area (Å²) in [6.07, 6.45) is 1.79. The van der Waals surface area contributed by atoms with Crippen molar-refractivity contribution in [3.8, 4) is 5.69 Å². The van der Waals surface area contributed by atoms with Crippen LogP contribution >= 0.6 is 12.2 Å². The van der Waals surface area contributed by atoms with Crippen LogP contribution in [0.1, 0.15) is 58.9 Å². The van der Waals surface area contributed by atoms with E-state index < -0.39 is 5.97 Å². The number of benzene rings is 1. The number of hydrogen-bond donors (Lipinski definition) is 2. The number of hydrogen-bond acceptors (Lipinski definition) is 3. The normalized spacial score (nSPS) is 18.5. The van der Waals surface area contributed by atoms with E-state index in [1.54, 1.807) is 18.3 Å². The van der Waals surface area contributed by atoms with Gasteiger partial charge in [-0.1, -0.05) is 18.2 Å². The highest BCUT2D eigenvalue weighted by atomic mass is 32.1. The minimum Gasteiger partial charge on any atom is -0.478 e. The lowest BCUT2D eigenvalue weighted by atomic mass is 9.96. The number of carboxylic acid groups (broad SMARTS) is 1. The molecule has 0 radical (unpaired) electrons. The third kappa shape index (κ3) is 3.59. The molecule has 0 aliphatic carbocycles. The molecule has 0 saturated carbocycles. The van der Waals surface area contributed by atoms with E-state index in [0.717, 1.165) is 22.6 Å². The highest BCUT2D eigenvalue weighted by Crippen LogP contribution is 2.42. The highest BCUT2D eigenvalue weighted by molar-refractivity contribution is 7.80. The summed E-state index contributed by atoms with van der Waals surface area (Å²) in [5, 5.41) is 13.9. The van der Waals surface area contributed by atoms with Crippen molar-refractivity contribution in [2.75, 3.05) is 0 Å². The highest BCUT2D eigenvalue weighted by Gasteiger charge is 2.42. The summed E-state index contributed by atoms with van der Waals surface area (Å²) in [4.78, 5) is 18.6. The molecule has 160 valence electrons. The van der Waals surface area contributed by atoms with Crippen molar-refractivity contribution in [1.82, 2.24) is 19.8 Å². The van der Waals surface area contributed by atoms with Crippen LogP contribution in [0.3, 0.4) is 0 Å². The van der Waals surface area contributed by atoms with Crippen molar-refractivity contribution in [3.63, 3.8) is 0 Å². The van der Waals surface area contributed by atoms with Gasteiger partial charge in [0.15, 0.2) is 5.11 Å². The number of aromatic carboxylic acids is 1. The van der Waals surface area contributed by atoms with Crippen molar-refractivity contribution >= 4 is 23.3 Å². The Balaban J connectivity index is 1.89. The maximum absolute atomic E-state index is 11.8. The Morgan fingerprint density at radius 3 is 2.52 bits per heavy atom. The van der Waals surface area contributed by atoms with Gasteiger partial charge in [-0.05, 0) is 75.8 Å². The second-order valence-corrected chi connectivity index (χ2v) is 8.50.